The van der Waals surface area contributed by atoms with Crippen LogP contribution < -0.4 is 10.2 Å². The van der Waals surface area contributed by atoms with Crippen molar-refractivity contribution >= 4 is 46.7 Å². The SMILES string of the molecule is O=C(COC(=O)c1cccc(N2C(=O)[C@@H]3[C@@H]4C[C@@H]([C@H]3C2=O)[C@H](c2ccccc2)C4)c1)Nc1ccccc1Cl. The lowest BCUT2D eigenvalue weighted by atomic mass is 9.73. The lowest BCUT2D eigenvalue weighted by Gasteiger charge is -2.28. The summed E-state index contributed by atoms with van der Waals surface area (Å²) in [6.07, 6.45) is 1.80. The molecule has 0 unspecified atom stereocenters. The molecule has 0 radical (unpaired) electrons. The van der Waals surface area contributed by atoms with Crippen LogP contribution in [0.1, 0.15) is 34.7 Å². The highest BCUT2D eigenvalue weighted by Gasteiger charge is 2.64. The summed E-state index contributed by atoms with van der Waals surface area (Å²) in [5.74, 6) is -1.71. The molecule has 5 atom stereocenters. The zero-order chi connectivity index (χ0) is 26.4. The fourth-order valence-electron chi connectivity index (χ4n) is 6.53. The molecule has 38 heavy (non-hydrogen) atoms. The maximum Gasteiger partial charge on any atom is 0.338 e. The van der Waals surface area contributed by atoms with E-state index in [1.54, 1.807) is 36.4 Å². The molecule has 1 N–H and O–H groups in total. The van der Waals surface area contributed by atoms with Crippen LogP contribution in [0.15, 0.2) is 78.9 Å². The number of para-hydroxylation sites is 1. The topological polar surface area (TPSA) is 92.8 Å². The third kappa shape index (κ3) is 4.17. The van der Waals surface area contributed by atoms with Gasteiger partial charge in [-0.15, -0.1) is 0 Å². The molecule has 3 aromatic carbocycles. The van der Waals surface area contributed by atoms with Gasteiger partial charge in [-0.3, -0.25) is 19.3 Å². The van der Waals surface area contributed by atoms with Crippen molar-refractivity contribution < 1.29 is 23.9 Å². The number of anilines is 2. The van der Waals surface area contributed by atoms with Gasteiger partial charge in [0.25, 0.3) is 5.91 Å². The van der Waals surface area contributed by atoms with Crippen molar-refractivity contribution in [3.8, 4) is 0 Å². The number of amides is 3. The number of esters is 1. The molecule has 1 aliphatic heterocycles. The van der Waals surface area contributed by atoms with Crippen LogP contribution in [0.3, 0.4) is 0 Å². The first-order chi connectivity index (χ1) is 18.4. The second kappa shape index (κ2) is 9.72. The van der Waals surface area contributed by atoms with E-state index in [1.807, 2.05) is 18.2 Å². The van der Waals surface area contributed by atoms with Crippen molar-refractivity contribution in [3.63, 3.8) is 0 Å². The summed E-state index contributed by atoms with van der Waals surface area (Å²) in [7, 11) is 0. The summed E-state index contributed by atoms with van der Waals surface area (Å²) >= 11 is 6.04. The van der Waals surface area contributed by atoms with Gasteiger partial charge in [0.15, 0.2) is 6.61 Å². The third-order valence-electron chi connectivity index (χ3n) is 8.07. The van der Waals surface area contributed by atoms with Crippen molar-refractivity contribution in [2.24, 2.45) is 23.7 Å². The number of nitrogens with one attached hydrogen (secondary N) is 1. The van der Waals surface area contributed by atoms with Gasteiger partial charge in [0.05, 0.1) is 33.8 Å². The monoisotopic (exact) mass is 528 g/mol. The minimum Gasteiger partial charge on any atom is -0.452 e. The normalized spacial score (nSPS) is 25.4. The van der Waals surface area contributed by atoms with Crippen molar-refractivity contribution in [2.75, 3.05) is 16.8 Å². The first kappa shape index (κ1) is 24.4. The smallest absolute Gasteiger partial charge is 0.338 e. The highest BCUT2D eigenvalue weighted by molar-refractivity contribution is 6.33. The number of hydrogen-bond acceptors (Lipinski definition) is 5. The zero-order valence-corrected chi connectivity index (χ0v) is 21.1. The Labute approximate surface area is 224 Å². The average molecular weight is 529 g/mol. The van der Waals surface area contributed by atoms with Gasteiger partial charge in [0.2, 0.25) is 11.8 Å². The number of hydrogen-bond donors (Lipinski definition) is 1. The first-order valence-corrected chi connectivity index (χ1v) is 13.0. The van der Waals surface area contributed by atoms with E-state index in [-0.39, 0.29) is 47.0 Å². The number of fused-ring (bicyclic) bond motifs is 5. The Morgan fingerprint density at radius 2 is 1.63 bits per heavy atom. The van der Waals surface area contributed by atoms with Gasteiger partial charge in [-0.05, 0) is 66.5 Å². The number of ether oxygens (including phenoxy) is 1. The van der Waals surface area contributed by atoms with Crippen LogP contribution in [0.25, 0.3) is 0 Å². The van der Waals surface area contributed by atoms with Crippen molar-refractivity contribution in [2.45, 2.75) is 18.8 Å². The molecule has 3 aliphatic rings. The number of rotatable bonds is 6. The van der Waals surface area contributed by atoms with Gasteiger partial charge in [-0.2, -0.15) is 0 Å². The van der Waals surface area contributed by atoms with E-state index in [0.29, 0.717) is 16.4 Å². The van der Waals surface area contributed by atoms with Gasteiger partial charge >= 0.3 is 5.97 Å². The minimum atomic E-state index is -0.732. The molecule has 192 valence electrons. The van der Waals surface area contributed by atoms with E-state index < -0.39 is 18.5 Å². The van der Waals surface area contributed by atoms with E-state index in [0.717, 1.165) is 12.8 Å². The van der Waals surface area contributed by atoms with Crippen molar-refractivity contribution in [3.05, 3.63) is 95.0 Å². The molecule has 8 heteroatoms. The Morgan fingerprint density at radius 1 is 0.895 bits per heavy atom. The highest BCUT2D eigenvalue weighted by atomic mass is 35.5. The molecule has 7 nitrogen and oxygen atoms in total. The number of imide groups is 1. The molecule has 2 saturated carbocycles. The number of carbonyl (C=O) groups is 4. The van der Waals surface area contributed by atoms with E-state index >= 15 is 0 Å². The van der Waals surface area contributed by atoms with Gasteiger partial charge < -0.3 is 10.1 Å². The van der Waals surface area contributed by atoms with Gasteiger partial charge in [0, 0.05) is 0 Å². The largest absolute Gasteiger partial charge is 0.452 e. The van der Waals surface area contributed by atoms with Gasteiger partial charge in [-0.1, -0.05) is 60.1 Å². The molecule has 2 aliphatic carbocycles. The molecule has 1 heterocycles. The predicted octanol–water partition coefficient (Wildman–Crippen LogP) is 5.06. The molecule has 2 bridgehead atoms. The number of benzene rings is 3. The zero-order valence-electron chi connectivity index (χ0n) is 20.4. The molecule has 3 aromatic rings. The molecule has 3 fully saturated rings. The van der Waals surface area contributed by atoms with Crippen molar-refractivity contribution in [1.29, 1.82) is 0 Å². The average Bonchev–Trinajstić information content (AvgIpc) is 3.60. The van der Waals surface area contributed by atoms with E-state index in [4.69, 9.17) is 16.3 Å². The summed E-state index contributed by atoms with van der Waals surface area (Å²) in [5, 5.41) is 2.96. The maximum absolute atomic E-state index is 13.6. The Balaban J connectivity index is 1.15. The van der Waals surface area contributed by atoms with Crippen LogP contribution >= 0.6 is 11.6 Å². The van der Waals surface area contributed by atoms with Crippen LogP contribution in [0.5, 0.6) is 0 Å². The van der Waals surface area contributed by atoms with Crippen LogP contribution in [0, 0.1) is 23.7 Å². The Morgan fingerprint density at radius 3 is 2.42 bits per heavy atom. The quantitative estimate of drug-likeness (QED) is 0.356. The van der Waals surface area contributed by atoms with E-state index in [1.165, 1.54) is 22.6 Å². The Kier molecular flexibility index (Phi) is 6.24. The molecular weight excluding hydrogens is 504 g/mol. The third-order valence-corrected chi connectivity index (χ3v) is 8.40. The fourth-order valence-corrected chi connectivity index (χ4v) is 6.72. The summed E-state index contributed by atoms with van der Waals surface area (Å²) < 4.78 is 5.17. The van der Waals surface area contributed by atoms with Gasteiger partial charge in [-0.25, -0.2) is 4.79 Å². The van der Waals surface area contributed by atoms with Crippen LogP contribution in [-0.4, -0.2) is 30.3 Å². The Bertz CT molecular complexity index is 1440. The summed E-state index contributed by atoms with van der Waals surface area (Å²) in [6, 6.07) is 23.2. The second-order valence-corrected chi connectivity index (χ2v) is 10.5. The Hall–Kier alpha value is -3.97. The lowest BCUT2D eigenvalue weighted by Crippen LogP contribution is -2.33. The fraction of sp³-hybridized carbons (Fsp3) is 0.267. The van der Waals surface area contributed by atoms with Crippen LogP contribution in [-0.2, 0) is 19.1 Å². The van der Waals surface area contributed by atoms with E-state index in [9.17, 15) is 19.2 Å². The molecular formula is C30H25ClN2O5. The number of carbonyl (C=O) groups excluding carboxylic acids is 4. The molecule has 0 spiro atoms. The number of halogens is 1. The first-order valence-electron chi connectivity index (χ1n) is 12.7. The minimum absolute atomic E-state index is 0.138. The van der Waals surface area contributed by atoms with Gasteiger partial charge in [0.1, 0.15) is 0 Å². The standard InChI is InChI=1S/C30H25ClN2O5/c31-23-11-4-5-12-24(23)32-25(34)16-38-30(37)18-9-6-10-20(13-18)33-28(35)26-19-14-21(17-7-2-1-3-8-17)22(15-19)27(26)29(33)36/h1-13,19,21-22,26-27H,14-16H2,(H,32,34)/t19-,21-,22+,26+,27+/m0/s1. The molecule has 3 amide bonds. The molecule has 0 aromatic heterocycles. The summed E-state index contributed by atoms with van der Waals surface area (Å²) in [6.45, 7) is -0.510. The lowest BCUT2D eigenvalue weighted by molar-refractivity contribution is -0.123. The summed E-state index contributed by atoms with van der Waals surface area (Å²) in [4.78, 5) is 53.2. The molecule has 1 saturated heterocycles. The summed E-state index contributed by atoms with van der Waals surface area (Å²) in [5.41, 5.74) is 2.13. The predicted molar refractivity (Wildman–Crippen MR) is 142 cm³/mol. The maximum atomic E-state index is 13.6. The van der Waals surface area contributed by atoms with Crippen LogP contribution in [0.2, 0.25) is 5.02 Å². The molecule has 6 rings (SSSR count). The van der Waals surface area contributed by atoms with Crippen LogP contribution in [0.4, 0.5) is 11.4 Å². The number of nitrogens with zero attached hydrogens (tertiary/aromatic N) is 1. The highest BCUT2D eigenvalue weighted by Crippen LogP contribution is 2.61. The second-order valence-electron chi connectivity index (χ2n) is 10.1. The van der Waals surface area contributed by atoms with Crippen molar-refractivity contribution in [1.82, 2.24) is 0 Å². The van der Waals surface area contributed by atoms with E-state index in [2.05, 4.69) is 17.4 Å².